The molecule has 1 aliphatic heterocycles. The highest BCUT2D eigenvalue weighted by atomic mass is 31.2. The molecule has 4 nitrogen and oxygen atoms in total. The van der Waals surface area contributed by atoms with Gasteiger partial charge in [0.2, 0.25) is 0 Å². The van der Waals surface area contributed by atoms with Crippen molar-refractivity contribution in [1.29, 1.82) is 0 Å². The lowest BCUT2D eigenvalue weighted by Crippen LogP contribution is -2.08. The second kappa shape index (κ2) is 3.72. The summed E-state index contributed by atoms with van der Waals surface area (Å²) in [6.45, 7) is 5.65. The van der Waals surface area contributed by atoms with Crippen LogP contribution in [0, 0.1) is 0 Å². The Morgan fingerprint density at radius 2 is 2.13 bits per heavy atom. The van der Waals surface area contributed by atoms with E-state index in [9.17, 15) is 4.57 Å². The van der Waals surface area contributed by atoms with Gasteiger partial charge in [-0.2, -0.15) is 0 Å². The number of phosphoric ester groups is 1. The number of phosphoric acid groups is 1. The zero-order valence-corrected chi connectivity index (χ0v) is 9.20. The van der Waals surface area contributed by atoms with E-state index in [1.54, 1.807) is 25.1 Å². The zero-order chi connectivity index (χ0) is 10.9. The molecule has 0 aliphatic carbocycles. The van der Waals surface area contributed by atoms with Crippen molar-refractivity contribution in [2.24, 2.45) is 0 Å². The minimum atomic E-state index is -3.50. The van der Waals surface area contributed by atoms with E-state index in [0.717, 1.165) is 0 Å². The molecular formula is C10H11O4P. The van der Waals surface area contributed by atoms with Crippen molar-refractivity contribution < 1.29 is 18.1 Å². The van der Waals surface area contributed by atoms with Crippen molar-refractivity contribution in [3.8, 4) is 5.75 Å². The molecule has 0 radical (unpaired) electrons. The molecule has 80 valence electrons. The van der Waals surface area contributed by atoms with Crippen LogP contribution in [0.4, 0.5) is 0 Å². The van der Waals surface area contributed by atoms with E-state index < -0.39 is 7.82 Å². The third kappa shape index (κ3) is 1.91. The lowest BCUT2D eigenvalue weighted by Gasteiger charge is -2.25. The Labute approximate surface area is 88.1 Å². The molecule has 0 aromatic heterocycles. The zero-order valence-electron chi connectivity index (χ0n) is 8.30. The molecule has 0 N–H and O–H groups in total. The summed E-state index contributed by atoms with van der Waals surface area (Å²) < 4.78 is 27.1. The first kappa shape index (κ1) is 10.3. The number of rotatable bonds is 2. The van der Waals surface area contributed by atoms with Crippen LogP contribution in [0.3, 0.4) is 0 Å². The minimum absolute atomic E-state index is 0.257. The van der Waals surface area contributed by atoms with Gasteiger partial charge < -0.3 is 9.05 Å². The van der Waals surface area contributed by atoms with Crippen molar-refractivity contribution in [2.75, 3.05) is 6.61 Å². The molecule has 0 bridgehead atoms. The standard InChI is InChI=1S/C10H11O4P/c1-3-12-15(11)13-8(2)9-6-4-5-7-10(9)14-15/h4-7H,2-3H2,1H3. The molecule has 0 saturated heterocycles. The summed E-state index contributed by atoms with van der Waals surface area (Å²) in [6.07, 6.45) is 0. The maximum absolute atomic E-state index is 11.9. The smallest absolute Gasteiger partial charge is 0.395 e. The highest BCUT2D eigenvalue weighted by Crippen LogP contribution is 2.57. The molecule has 1 aromatic rings. The van der Waals surface area contributed by atoms with Crippen LogP contribution in [0.5, 0.6) is 5.75 Å². The first-order valence-corrected chi connectivity index (χ1v) is 6.03. The fourth-order valence-electron chi connectivity index (χ4n) is 1.31. The summed E-state index contributed by atoms with van der Waals surface area (Å²) in [7, 11) is -3.50. The first-order chi connectivity index (χ1) is 7.14. The van der Waals surface area contributed by atoms with E-state index in [4.69, 9.17) is 13.6 Å². The van der Waals surface area contributed by atoms with Crippen molar-refractivity contribution in [2.45, 2.75) is 6.92 Å². The Bertz CT molecular complexity index is 441. The summed E-state index contributed by atoms with van der Waals surface area (Å²) in [5.41, 5.74) is 0.698. The van der Waals surface area contributed by atoms with Gasteiger partial charge >= 0.3 is 7.82 Å². The van der Waals surface area contributed by atoms with Crippen LogP contribution in [-0.4, -0.2) is 6.61 Å². The number of hydrogen-bond donors (Lipinski definition) is 0. The fraction of sp³-hybridized carbons (Fsp3) is 0.200. The summed E-state index contributed by atoms with van der Waals surface area (Å²) in [4.78, 5) is 0. The Balaban J connectivity index is 2.38. The molecule has 0 saturated carbocycles. The monoisotopic (exact) mass is 226 g/mol. The van der Waals surface area contributed by atoms with E-state index in [2.05, 4.69) is 6.58 Å². The summed E-state index contributed by atoms with van der Waals surface area (Å²) in [5, 5.41) is 0. The maximum atomic E-state index is 11.9. The average molecular weight is 226 g/mol. The van der Waals surface area contributed by atoms with E-state index in [-0.39, 0.29) is 6.61 Å². The van der Waals surface area contributed by atoms with E-state index >= 15 is 0 Å². The number of fused-ring (bicyclic) bond motifs is 1. The Morgan fingerprint density at radius 1 is 1.40 bits per heavy atom. The topological polar surface area (TPSA) is 44.8 Å². The van der Waals surface area contributed by atoms with Crippen LogP contribution in [0.25, 0.3) is 5.76 Å². The molecule has 2 rings (SSSR count). The molecule has 1 heterocycles. The van der Waals surface area contributed by atoms with Crippen LogP contribution < -0.4 is 4.52 Å². The van der Waals surface area contributed by atoms with Crippen LogP contribution in [-0.2, 0) is 13.6 Å². The Morgan fingerprint density at radius 3 is 2.87 bits per heavy atom. The van der Waals surface area contributed by atoms with Gasteiger partial charge in [-0.1, -0.05) is 18.7 Å². The second-order valence-corrected chi connectivity index (χ2v) is 4.48. The largest absolute Gasteiger partial charge is 0.587 e. The van der Waals surface area contributed by atoms with Gasteiger partial charge in [0, 0.05) is 0 Å². The fourth-order valence-corrected chi connectivity index (χ4v) is 2.54. The van der Waals surface area contributed by atoms with Crippen molar-refractivity contribution in [3.05, 3.63) is 36.4 Å². The Hall–Kier alpha value is -1.25. The molecule has 0 amide bonds. The van der Waals surface area contributed by atoms with Gasteiger partial charge in [0.15, 0.2) is 0 Å². The SMILES string of the molecule is C=C1OP(=O)(OCC)Oc2ccccc21. The van der Waals surface area contributed by atoms with Crippen LogP contribution in [0.2, 0.25) is 0 Å². The number of para-hydroxylation sites is 1. The lowest BCUT2D eigenvalue weighted by molar-refractivity contribution is 0.203. The molecule has 5 heteroatoms. The van der Waals surface area contributed by atoms with E-state index in [0.29, 0.717) is 17.1 Å². The molecule has 15 heavy (non-hydrogen) atoms. The van der Waals surface area contributed by atoms with Gasteiger partial charge in [0.05, 0.1) is 12.2 Å². The summed E-state index contributed by atoms with van der Waals surface area (Å²) in [6, 6.07) is 7.10. The molecule has 1 aliphatic rings. The number of hydrogen-bond acceptors (Lipinski definition) is 4. The highest BCUT2D eigenvalue weighted by molar-refractivity contribution is 7.49. The molecule has 0 spiro atoms. The highest BCUT2D eigenvalue weighted by Gasteiger charge is 2.36. The van der Waals surface area contributed by atoms with Crippen LogP contribution >= 0.6 is 7.82 Å². The molecule has 1 atom stereocenters. The van der Waals surface area contributed by atoms with Gasteiger partial charge in [0.1, 0.15) is 11.5 Å². The first-order valence-electron chi connectivity index (χ1n) is 4.57. The molecule has 0 fully saturated rings. The maximum Gasteiger partial charge on any atom is 0.587 e. The molecule has 1 aromatic carbocycles. The predicted molar refractivity (Wildman–Crippen MR) is 56.4 cm³/mol. The van der Waals surface area contributed by atoms with Crippen molar-refractivity contribution in [1.82, 2.24) is 0 Å². The quantitative estimate of drug-likeness (QED) is 0.726. The predicted octanol–water partition coefficient (Wildman–Crippen LogP) is 3.21. The van der Waals surface area contributed by atoms with Crippen LogP contribution in [0.15, 0.2) is 30.8 Å². The van der Waals surface area contributed by atoms with E-state index in [1.807, 2.05) is 6.07 Å². The second-order valence-electron chi connectivity index (χ2n) is 2.97. The minimum Gasteiger partial charge on any atom is -0.395 e. The summed E-state index contributed by atoms with van der Waals surface area (Å²) >= 11 is 0. The van der Waals surface area contributed by atoms with Gasteiger partial charge in [-0.15, -0.1) is 0 Å². The van der Waals surface area contributed by atoms with Gasteiger partial charge in [0.25, 0.3) is 0 Å². The molecule has 1 unspecified atom stereocenters. The van der Waals surface area contributed by atoms with E-state index in [1.165, 1.54) is 0 Å². The third-order valence-corrected chi connectivity index (χ3v) is 3.35. The lowest BCUT2D eigenvalue weighted by atomic mass is 10.2. The average Bonchev–Trinajstić information content (AvgIpc) is 2.17. The summed E-state index contributed by atoms with van der Waals surface area (Å²) in [5.74, 6) is 0.791. The van der Waals surface area contributed by atoms with Crippen molar-refractivity contribution >= 4 is 13.6 Å². The van der Waals surface area contributed by atoms with Crippen LogP contribution in [0.1, 0.15) is 12.5 Å². The third-order valence-electron chi connectivity index (χ3n) is 1.91. The Kier molecular flexibility index (Phi) is 2.55. The molecular weight excluding hydrogens is 215 g/mol. The number of benzene rings is 1. The van der Waals surface area contributed by atoms with Crippen molar-refractivity contribution in [3.63, 3.8) is 0 Å². The van der Waals surface area contributed by atoms with Gasteiger partial charge in [-0.25, -0.2) is 4.57 Å². The van der Waals surface area contributed by atoms with Gasteiger partial charge in [-0.05, 0) is 19.1 Å². The normalized spacial score (nSPS) is 23.9. The van der Waals surface area contributed by atoms with Gasteiger partial charge in [-0.3, -0.25) is 4.52 Å².